The van der Waals surface area contributed by atoms with Gasteiger partial charge in [-0.15, -0.1) is 59.7 Å². The van der Waals surface area contributed by atoms with Gasteiger partial charge in [0, 0.05) is 37.2 Å². The molecule has 0 atom stereocenters. The molecule has 0 bridgehead atoms. The van der Waals surface area contributed by atoms with Gasteiger partial charge in [0.05, 0.1) is 8.07 Å². The molecule has 0 spiro atoms. The van der Waals surface area contributed by atoms with Gasteiger partial charge in [-0.1, -0.05) is 112 Å². The first-order valence-corrected chi connectivity index (χ1v) is 20.2. The van der Waals surface area contributed by atoms with Crippen LogP contribution in [0, 0.1) is 17.5 Å². The van der Waals surface area contributed by atoms with Crippen molar-refractivity contribution in [2.24, 2.45) is 5.41 Å². The maximum Gasteiger partial charge on any atom is 0.0795 e. The number of fused-ring (bicyclic) bond motifs is 3. The van der Waals surface area contributed by atoms with Crippen LogP contribution in [0.25, 0.3) is 53.8 Å². The van der Waals surface area contributed by atoms with E-state index in [2.05, 4.69) is 147 Å². The van der Waals surface area contributed by atoms with Gasteiger partial charge in [0.25, 0.3) is 0 Å². The maximum absolute atomic E-state index is 4.63. The van der Waals surface area contributed by atoms with Crippen LogP contribution >= 0.6 is 11.3 Å². The molecule has 0 saturated heterocycles. The zero-order valence-corrected chi connectivity index (χ0v) is 32.1. The number of nitrogens with zero attached hydrogens (tertiary/aromatic N) is 2. The molecule has 7 aromatic rings. The third kappa shape index (κ3) is 8.60. The fraction of sp³-hybridized carbons (Fsp3) is 0.190. The van der Waals surface area contributed by atoms with Crippen LogP contribution in [0.4, 0.5) is 0 Å². The van der Waals surface area contributed by atoms with E-state index in [0.717, 1.165) is 28.9 Å². The molecule has 0 N–H and O–H groups in total. The van der Waals surface area contributed by atoms with Gasteiger partial charge in [-0.3, -0.25) is 0 Å². The molecule has 1 radical (unpaired) electrons. The fourth-order valence-corrected chi connectivity index (χ4v) is 7.68. The predicted octanol–water partition coefficient (Wildman–Crippen LogP) is 11.3. The Kier molecular flexibility index (Phi) is 10.7. The minimum Gasteiger partial charge on any atom is -0.305 e. The molecule has 0 aliphatic carbocycles. The van der Waals surface area contributed by atoms with E-state index in [4.69, 9.17) is 0 Å². The summed E-state index contributed by atoms with van der Waals surface area (Å²) in [5.41, 5.74) is 8.21. The van der Waals surface area contributed by atoms with E-state index in [0.29, 0.717) is 0 Å². The van der Waals surface area contributed by atoms with Gasteiger partial charge >= 0.3 is 0 Å². The molecule has 47 heavy (non-hydrogen) atoms. The minimum absolute atomic E-state index is 0. The largest absolute Gasteiger partial charge is 0.305 e. The second-order valence-corrected chi connectivity index (χ2v) is 20.2. The number of aromatic nitrogens is 2. The van der Waals surface area contributed by atoms with Crippen molar-refractivity contribution >= 4 is 44.8 Å². The van der Waals surface area contributed by atoms with Crippen molar-refractivity contribution in [3.8, 4) is 33.6 Å². The molecule has 3 heterocycles. The molecule has 7 rings (SSSR count). The molecule has 0 saturated carbocycles. The van der Waals surface area contributed by atoms with Gasteiger partial charge in [-0.2, -0.15) is 11.3 Å². The molecule has 4 aromatic carbocycles. The molecule has 0 aliphatic rings. The average Bonchev–Trinajstić information content (AvgIpc) is 3.42. The Balaban J connectivity index is 0.000000217. The molecule has 2 nitrogen and oxygen atoms in total. The van der Waals surface area contributed by atoms with Crippen molar-refractivity contribution in [1.82, 2.24) is 9.97 Å². The third-order valence-electron chi connectivity index (χ3n) is 7.95. The smallest absolute Gasteiger partial charge is 0.0795 e. The average molecular weight is 825 g/mol. The van der Waals surface area contributed by atoms with Crippen LogP contribution in [0.15, 0.2) is 122 Å². The first-order valence-electron chi connectivity index (χ1n) is 15.9. The van der Waals surface area contributed by atoms with Crippen LogP contribution in [0.3, 0.4) is 0 Å². The van der Waals surface area contributed by atoms with E-state index < -0.39 is 8.07 Å². The van der Waals surface area contributed by atoms with E-state index >= 15 is 0 Å². The molecule has 0 amide bonds. The van der Waals surface area contributed by atoms with Crippen LogP contribution in [0.2, 0.25) is 19.6 Å². The molecular formula is C42H40IrN2SSi-2. The van der Waals surface area contributed by atoms with Crippen LogP contribution in [-0.4, -0.2) is 18.0 Å². The standard InChI is InChI=1S/C28H24NS.C14H16NSi.Ir/c1-28(2,3)18-19-13-14-29-25(15-19)22-9-11-23-24-16-21(20-7-5-4-6-8-20)10-12-26(24)30-27(23)17-22;1-16(2,3)13-9-10-14(15-11-13)12-7-5-4-6-8-12;/h4-16H,18H2,1-3H3;4-7,9-11H,1-3H3;/q2*-1;. The zero-order valence-electron chi connectivity index (χ0n) is 27.9. The van der Waals surface area contributed by atoms with Crippen molar-refractivity contribution in [2.45, 2.75) is 46.8 Å². The first kappa shape index (κ1) is 34.6. The Morgan fingerprint density at radius 1 is 0.702 bits per heavy atom. The number of hydrogen-bond acceptors (Lipinski definition) is 3. The van der Waals surface area contributed by atoms with Crippen molar-refractivity contribution in [1.29, 1.82) is 0 Å². The van der Waals surface area contributed by atoms with Crippen molar-refractivity contribution < 1.29 is 20.1 Å². The Bertz CT molecular complexity index is 2070. The summed E-state index contributed by atoms with van der Waals surface area (Å²) >= 11 is 1.81. The summed E-state index contributed by atoms with van der Waals surface area (Å²) in [6.45, 7) is 13.8. The fourth-order valence-electron chi connectivity index (χ4n) is 5.56. The van der Waals surface area contributed by atoms with E-state index in [-0.39, 0.29) is 25.5 Å². The Labute approximate surface area is 298 Å². The van der Waals surface area contributed by atoms with E-state index in [1.54, 1.807) is 11.3 Å². The molecule has 0 aliphatic heterocycles. The second-order valence-electron chi connectivity index (χ2n) is 14.0. The SMILES string of the molecule is CC(C)(C)Cc1ccnc(-c2[c-]c3sc4ccc(-c5ccccc5)cc4c3cc2)c1.C[Si](C)(C)c1ccc(-c2[c-]cccc2)nc1.[Ir]. The van der Waals surface area contributed by atoms with Gasteiger partial charge in [-0.05, 0) is 61.8 Å². The molecule has 0 unspecified atom stereocenters. The summed E-state index contributed by atoms with van der Waals surface area (Å²) in [5.74, 6) is 0. The van der Waals surface area contributed by atoms with E-state index in [9.17, 15) is 0 Å². The number of benzene rings is 4. The monoisotopic (exact) mass is 825 g/mol. The summed E-state index contributed by atoms with van der Waals surface area (Å²) in [7, 11) is -1.23. The van der Waals surface area contributed by atoms with Crippen LogP contribution < -0.4 is 5.19 Å². The third-order valence-corrected chi connectivity index (χ3v) is 11.1. The summed E-state index contributed by atoms with van der Waals surface area (Å²) in [5, 5.41) is 3.96. The molecule has 0 fully saturated rings. The quantitative estimate of drug-likeness (QED) is 0.128. The van der Waals surface area contributed by atoms with Gasteiger partial charge in [0.2, 0.25) is 0 Å². The van der Waals surface area contributed by atoms with Crippen LogP contribution in [-0.2, 0) is 26.5 Å². The van der Waals surface area contributed by atoms with Gasteiger partial charge in [0.15, 0.2) is 0 Å². The predicted molar refractivity (Wildman–Crippen MR) is 201 cm³/mol. The number of thiophene rings is 1. The first-order chi connectivity index (χ1) is 22.0. The molecule has 5 heteroatoms. The summed E-state index contributed by atoms with van der Waals surface area (Å²) in [6, 6.07) is 45.1. The van der Waals surface area contributed by atoms with Crippen molar-refractivity contribution in [3.05, 3.63) is 139 Å². The summed E-state index contributed by atoms with van der Waals surface area (Å²) in [4.78, 5) is 9.15. The zero-order chi connectivity index (χ0) is 32.3. The molecule has 239 valence electrons. The molecular weight excluding hydrogens is 785 g/mol. The van der Waals surface area contributed by atoms with Gasteiger partial charge < -0.3 is 9.97 Å². The van der Waals surface area contributed by atoms with E-state index in [1.165, 1.54) is 42.0 Å². The van der Waals surface area contributed by atoms with Crippen molar-refractivity contribution in [3.63, 3.8) is 0 Å². The summed E-state index contributed by atoms with van der Waals surface area (Å²) < 4.78 is 2.49. The molecule has 3 aromatic heterocycles. The van der Waals surface area contributed by atoms with Gasteiger partial charge in [0.1, 0.15) is 0 Å². The Hall–Kier alpha value is -3.73. The minimum atomic E-state index is -1.23. The Morgan fingerprint density at radius 3 is 2.17 bits per heavy atom. The topological polar surface area (TPSA) is 25.8 Å². The normalized spacial score (nSPS) is 11.5. The summed E-state index contributed by atoms with van der Waals surface area (Å²) in [6.07, 6.45) is 4.98. The van der Waals surface area contributed by atoms with Crippen molar-refractivity contribution in [2.75, 3.05) is 0 Å². The van der Waals surface area contributed by atoms with E-state index in [1.807, 2.05) is 36.7 Å². The Morgan fingerprint density at radius 2 is 1.49 bits per heavy atom. The van der Waals surface area contributed by atoms with Crippen LogP contribution in [0.1, 0.15) is 26.3 Å². The van der Waals surface area contributed by atoms with Crippen LogP contribution in [0.5, 0.6) is 0 Å². The van der Waals surface area contributed by atoms with Gasteiger partial charge in [-0.25, -0.2) is 0 Å². The maximum atomic E-state index is 4.63. The number of pyridine rings is 2. The number of rotatable bonds is 5. The second kappa shape index (κ2) is 14.6. The number of hydrogen-bond donors (Lipinski definition) is 0.